The van der Waals surface area contributed by atoms with E-state index in [2.05, 4.69) is 15.9 Å². The highest BCUT2D eigenvalue weighted by Crippen LogP contribution is 2.35. The lowest BCUT2D eigenvalue weighted by atomic mass is 9.98. The number of hydrogen-bond donors (Lipinski definition) is 1. The fraction of sp³-hybridized carbons (Fsp3) is 0.200. The van der Waals surface area contributed by atoms with Gasteiger partial charge in [-0.3, -0.25) is 0 Å². The van der Waals surface area contributed by atoms with Crippen molar-refractivity contribution < 1.29 is 9.47 Å². The van der Waals surface area contributed by atoms with E-state index in [-0.39, 0.29) is 6.04 Å². The van der Waals surface area contributed by atoms with Gasteiger partial charge in [0.05, 0.1) is 20.3 Å². The van der Waals surface area contributed by atoms with E-state index in [0.717, 1.165) is 15.6 Å². The molecule has 0 aliphatic heterocycles. The van der Waals surface area contributed by atoms with Gasteiger partial charge in [0.25, 0.3) is 0 Å². The third kappa shape index (κ3) is 3.08. The zero-order valence-corrected chi connectivity index (χ0v) is 13.5. The van der Waals surface area contributed by atoms with Gasteiger partial charge in [-0.25, -0.2) is 0 Å². The molecule has 0 aliphatic rings. The lowest BCUT2D eigenvalue weighted by Gasteiger charge is -2.19. The van der Waals surface area contributed by atoms with Gasteiger partial charge in [-0.15, -0.1) is 0 Å². The number of ether oxygens (including phenoxy) is 2. The van der Waals surface area contributed by atoms with Crippen molar-refractivity contribution in [1.29, 1.82) is 0 Å². The van der Waals surface area contributed by atoms with Crippen LogP contribution in [0.5, 0.6) is 11.5 Å². The minimum absolute atomic E-state index is 0.383. The summed E-state index contributed by atoms with van der Waals surface area (Å²) in [5, 5.41) is 0.618. The third-order valence-electron chi connectivity index (χ3n) is 3.06. The number of hydrogen-bond acceptors (Lipinski definition) is 3. The van der Waals surface area contributed by atoms with Crippen LogP contribution in [-0.4, -0.2) is 14.2 Å². The van der Waals surface area contributed by atoms with Crippen molar-refractivity contribution in [1.82, 2.24) is 0 Å². The van der Waals surface area contributed by atoms with Crippen LogP contribution in [0.3, 0.4) is 0 Å². The minimum Gasteiger partial charge on any atom is -0.496 e. The predicted octanol–water partition coefficient (Wildman–Crippen LogP) is 4.17. The summed E-state index contributed by atoms with van der Waals surface area (Å²) in [6.07, 6.45) is 0. The molecule has 5 heteroatoms. The van der Waals surface area contributed by atoms with E-state index < -0.39 is 0 Å². The van der Waals surface area contributed by atoms with Crippen molar-refractivity contribution >= 4 is 27.5 Å². The average Bonchev–Trinajstić information content (AvgIpc) is 2.46. The zero-order valence-electron chi connectivity index (χ0n) is 11.2. The molecule has 0 saturated heterocycles. The lowest BCUT2D eigenvalue weighted by molar-refractivity contribution is 0.400. The molecule has 2 aromatic rings. The van der Waals surface area contributed by atoms with E-state index in [1.807, 2.05) is 30.3 Å². The molecule has 1 atom stereocenters. The van der Waals surface area contributed by atoms with Crippen molar-refractivity contribution in [2.75, 3.05) is 14.2 Å². The van der Waals surface area contributed by atoms with E-state index in [1.54, 1.807) is 20.3 Å². The Morgan fingerprint density at radius 3 is 2.35 bits per heavy atom. The van der Waals surface area contributed by atoms with Gasteiger partial charge in [0.1, 0.15) is 11.5 Å². The Morgan fingerprint density at radius 2 is 1.70 bits per heavy atom. The fourth-order valence-corrected chi connectivity index (χ4v) is 2.58. The molecule has 1 unspecified atom stereocenters. The van der Waals surface area contributed by atoms with Crippen molar-refractivity contribution in [3.05, 3.63) is 57.0 Å². The summed E-state index contributed by atoms with van der Waals surface area (Å²) in [6, 6.07) is 10.7. The maximum atomic E-state index is 6.35. The largest absolute Gasteiger partial charge is 0.496 e. The Bertz CT molecular complexity index is 619. The molecule has 20 heavy (non-hydrogen) atoms. The van der Waals surface area contributed by atoms with Gasteiger partial charge in [-0.2, -0.15) is 0 Å². The summed E-state index contributed by atoms with van der Waals surface area (Å²) in [5.41, 5.74) is 8.05. The zero-order chi connectivity index (χ0) is 14.7. The first-order valence-corrected chi connectivity index (χ1v) is 7.16. The molecule has 0 spiro atoms. The topological polar surface area (TPSA) is 44.5 Å². The summed E-state index contributed by atoms with van der Waals surface area (Å²) in [7, 11) is 3.23. The minimum atomic E-state index is -0.383. The van der Waals surface area contributed by atoms with Crippen LogP contribution in [0.1, 0.15) is 17.2 Å². The second-order valence-electron chi connectivity index (χ2n) is 4.25. The summed E-state index contributed by atoms with van der Waals surface area (Å²) in [4.78, 5) is 0. The molecular formula is C15H15BrClNO2. The first-order valence-electron chi connectivity index (χ1n) is 5.99. The van der Waals surface area contributed by atoms with Crippen LogP contribution in [0.4, 0.5) is 0 Å². The van der Waals surface area contributed by atoms with Gasteiger partial charge < -0.3 is 15.2 Å². The molecule has 2 N–H and O–H groups in total. The molecule has 0 fully saturated rings. The summed E-state index contributed by atoms with van der Waals surface area (Å²) >= 11 is 9.47. The Hall–Kier alpha value is -1.23. The number of halogens is 2. The highest BCUT2D eigenvalue weighted by molar-refractivity contribution is 9.10. The van der Waals surface area contributed by atoms with E-state index in [4.69, 9.17) is 26.8 Å². The van der Waals surface area contributed by atoms with Gasteiger partial charge in [-0.05, 0) is 30.3 Å². The van der Waals surface area contributed by atoms with Crippen molar-refractivity contribution in [3.8, 4) is 11.5 Å². The third-order valence-corrected chi connectivity index (χ3v) is 3.79. The van der Waals surface area contributed by atoms with Crippen LogP contribution in [0, 0.1) is 0 Å². The molecule has 3 nitrogen and oxygen atoms in total. The first-order chi connectivity index (χ1) is 9.56. The molecular weight excluding hydrogens is 342 g/mol. The maximum absolute atomic E-state index is 6.35. The van der Waals surface area contributed by atoms with Crippen LogP contribution in [-0.2, 0) is 0 Å². The molecule has 0 amide bonds. The quantitative estimate of drug-likeness (QED) is 0.894. The second kappa shape index (κ2) is 6.48. The van der Waals surface area contributed by atoms with Crippen LogP contribution < -0.4 is 15.2 Å². The standard InChI is InChI=1S/C15H15BrClNO2/c1-19-13-6-4-10(17)8-12(13)15(18)11-5-3-9(16)7-14(11)20-2/h3-8,15H,18H2,1-2H3. The van der Waals surface area contributed by atoms with E-state index in [0.29, 0.717) is 16.5 Å². The highest BCUT2D eigenvalue weighted by Gasteiger charge is 2.18. The van der Waals surface area contributed by atoms with Crippen molar-refractivity contribution in [2.24, 2.45) is 5.73 Å². The van der Waals surface area contributed by atoms with Crippen molar-refractivity contribution in [3.63, 3.8) is 0 Å². The van der Waals surface area contributed by atoms with Gasteiger partial charge >= 0.3 is 0 Å². The molecule has 0 saturated carbocycles. The van der Waals surface area contributed by atoms with Crippen molar-refractivity contribution in [2.45, 2.75) is 6.04 Å². The number of methoxy groups -OCH3 is 2. The average molecular weight is 357 g/mol. The summed E-state index contributed by atoms with van der Waals surface area (Å²) < 4.78 is 11.7. The maximum Gasteiger partial charge on any atom is 0.125 e. The van der Waals surface area contributed by atoms with Crippen LogP contribution in [0.15, 0.2) is 40.9 Å². The molecule has 0 radical (unpaired) electrons. The Labute approximate surface area is 131 Å². The van der Waals surface area contributed by atoms with E-state index in [9.17, 15) is 0 Å². The normalized spacial score (nSPS) is 12.1. The van der Waals surface area contributed by atoms with E-state index >= 15 is 0 Å². The van der Waals surface area contributed by atoms with Crippen LogP contribution >= 0.6 is 27.5 Å². The molecule has 0 aromatic heterocycles. The predicted molar refractivity (Wildman–Crippen MR) is 84.7 cm³/mol. The second-order valence-corrected chi connectivity index (χ2v) is 5.60. The fourth-order valence-electron chi connectivity index (χ4n) is 2.06. The van der Waals surface area contributed by atoms with Gasteiger partial charge in [0.2, 0.25) is 0 Å². The Kier molecular flexibility index (Phi) is 4.91. The summed E-state index contributed by atoms with van der Waals surface area (Å²) in [5.74, 6) is 1.42. The van der Waals surface area contributed by atoms with Gasteiger partial charge in [-0.1, -0.05) is 33.6 Å². The number of benzene rings is 2. The highest BCUT2D eigenvalue weighted by atomic mass is 79.9. The summed E-state index contributed by atoms with van der Waals surface area (Å²) in [6.45, 7) is 0. The molecule has 2 aromatic carbocycles. The van der Waals surface area contributed by atoms with E-state index in [1.165, 1.54) is 0 Å². The Balaban J connectivity index is 2.51. The first kappa shape index (κ1) is 15.2. The number of nitrogens with two attached hydrogens (primary N) is 1. The molecule has 2 rings (SSSR count). The lowest BCUT2D eigenvalue weighted by Crippen LogP contribution is -2.14. The van der Waals surface area contributed by atoms with Crippen LogP contribution in [0.25, 0.3) is 0 Å². The van der Waals surface area contributed by atoms with Gasteiger partial charge in [0.15, 0.2) is 0 Å². The molecule has 0 heterocycles. The Morgan fingerprint density at radius 1 is 1.00 bits per heavy atom. The SMILES string of the molecule is COc1cc(Br)ccc1C(N)c1cc(Cl)ccc1OC. The monoisotopic (exact) mass is 355 g/mol. The van der Waals surface area contributed by atoms with Gasteiger partial charge in [0, 0.05) is 20.6 Å². The molecule has 0 aliphatic carbocycles. The molecule has 106 valence electrons. The number of rotatable bonds is 4. The van der Waals surface area contributed by atoms with Crippen LogP contribution in [0.2, 0.25) is 5.02 Å². The smallest absolute Gasteiger partial charge is 0.125 e. The molecule has 0 bridgehead atoms.